The highest BCUT2D eigenvalue weighted by Gasteiger charge is 2.30. The molecule has 31 heavy (non-hydrogen) atoms. The molecule has 3 aliphatic heterocycles. The van der Waals surface area contributed by atoms with E-state index in [0.29, 0.717) is 60.8 Å². The van der Waals surface area contributed by atoms with Gasteiger partial charge in [0.25, 0.3) is 0 Å². The van der Waals surface area contributed by atoms with Gasteiger partial charge >= 0.3 is 0 Å². The first-order valence-electron chi connectivity index (χ1n) is 10.7. The van der Waals surface area contributed by atoms with Gasteiger partial charge < -0.3 is 19.9 Å². The lowest BCUT2D eigenvalue weighted by Crippen LogP contribution is -2.47. The highest BCUT2D eigenvalue weighted by atomic mass is 35.5. The van der Waals surface area contributed by atoms with Gasteiger partial charge in [0, 0.05) is 62.6 Å². The Morgan fingerprint density at radius 2 is 1.87 bits per heavy atom. The first-order valence-corrected chi connectivity index (χ1v) is 12.4. The number of aromatic nitrogens is 2. The number of anilines is 3. The molecule has 5 rings (SSSR count). The van der Waals surface area contributed by atoms with Crippen LogP contribution < -0.4 is 15.1 Å². The van der Waals surface area contributed by atoms with Crippen LogP contribution >= 0.6 is 11.6 Å². The number of benzene rings is 1. The van der Waals surface area contributed by atoms with Gasteiger partial charge in [-0.3, -0.25) is 4.21 Å². The molecule has 1 N–H and O–H groups in total. The fourth-order valence-electron chi connectivity index (χ4n) is 4.34. The zero-order valence-corrected chi connectivity index (χ0v) is 18.7. The van der Waals surface area contributed by atoms with Crippen LogP contribution in [-0.2, 0) is 22.0 Å². The third-order valence-corrected chi connectivity index (χ3v) is 7.75. The van der Waals surface area contributed by atoms with E-state index >= 15 is 0 Å². The first kappa shape index (κ1) is 20.9. The Hall–Kier alpha value is -1.97. The number of fused-ring (bicyclic) bond motifs is 1. The van der Waals surface area contributed by atoms with Gasteiger partial charge in [0.05, 0.1) is 22.2 Å². The summed E-state index contributed by atoms with van der Waals surface area (Å²) in [4.78, 5) is 14.5. The van der Waals surface area contributed by atoms with Crippen molar-refractivity contribution in [1.29, 1.82) is 0 Å². The number of hydrogen-bond acceptors (Lipinski definition) is 7. The Morgan fingerprint density at radius 1 is 1.13 bits per heavy atom. The summed E-state index contributed by atoms with van der Waals surface area (Å²) in [5.74, 6) is 1.65. The van der Waals surface area contributed by atoms with Crippen molar-refractivity contribution in [1.82, 2.24) is 9.97 Å². The molecule has 2 fully saturated rings. The molecule has 1 atom stereocenters. The number of hydrogen-bond donors (Lipinski definition) is 1. The van der Waals surface area contributed by atoms with Crippen LogP contribution in [0.2, 0.25) is 5.02 Å². The highest BCUT2D eigenvalue weighted by Crippen LogP contribution is 2.32. The minimum atomic E-state index is -1.06. The van der Waals surface area contributed by atoms with Crippen LogP contribution in [0.15, 0.2) is 23.1 Å². The number of nitrogens with one attached hydrogen (secondary N) is 1. The van der Waals surface area contributed by atoms with Crippen molar-refractivity contribution < 1.29 is 13.3 Å². The number of aryl methyl sites for hydroxylation is 1. The van der Waals surface area contributed by atoms with Crippen molar-refractivity contribution in [2.45, 2.75) is 30.2 Å². The monoisotopic (exact) mass is 465 g/mol. The van der Waals surface area contributed by atoms with E-state index in [1.165, 1.54) is 6.07 Å². The van der Waals surface area contributed by atoms with Gasteiger partial charge in [0.1, 0.15) is 16.5 Å². The fraction of sp³-hybridized carbons (Fsp3) is 0.524. The zero-order valence-electron chi connectivity index (χ0n) is 17.1. The number of halogens is 2. The Kier molecular flexibility index (Phi) is 5.99. The van der Waals surface area contributed by atoms with E-state index in [1.807, 2.05) is 4.90 Å². The molecular formula is C21H25ClFN5O2S. The molecule has 3 aliphatic rings. The van der Waals surface area contributed by atoms with Crippen molar-refractivity contribution in [2.24, 2.45) is 0 Å². The molecule has 1 unspecified atom stereocenters. The summed E-state index contributed by atoms with van der Waals surface area (Å²) >= 11 is 5.88. The van der Waals surface area contributed by atoms with Gasteiger partial charge in [-0.2, -0.15) is 4.98 Å². The van der Waals surface area contributed by atoms with E-state index in [-0.39, 0.29) is 11.9 Å². The molecule has 2 saturated heterocycles. The molecule has 0 amide bonds. The predicted molar refractivity (Wildman–Crippen MR) is 120 cm³/mol. The summed E-state index contributed by atoms with van der Waals surface area (Å²) in [5.41, 5.74) is 1.44. The van der Waals surface area contributed by atoms with Gasteiger partial charge in [-0.15, -0.1) is 0 Å². The molecule has 7 nitrogen and oxygen atoms in total. The van der Waals surface area contributed by atoms with Crippen molar-refractivity contribution in [3.05, 3.63) is 34.7 Å². The van der Waals surface area contributed by atoms with Crippen LogP contribution in [0.3, 0.4) is 0 Å². The van der Waals surface area contributed by atoms with E-state index in [1.54, 1.807) is 12.1 Å². The Labute approximate surface area is 188 Å². The van der Waals surface area contributed by atoms with E-state index in [9.17, 15) is 8.60 Å². The molecule has 0 spiro atoms. The molecule has 0 aliphatic carbocycles. The Morgan fingerprint density at radius 3 is 2.61 bits per heavy atom. The van der Waals surface area contributed by atoms with Crippen molar-refractivity contribution in [3.8, 4) is 0 Å². The normalized spacial score (nSPS) is 21.9. The van der Waals surface area contributed by atoms with E-state index < -0.39 is 10.8 Å². The summed E-state index contributed by atoms with van der Waals surface area (Å²) in [6, 6.07) is 5.05. The molecule has 2 aromatic rings. The molecule has 1 aromatic heterocycles. The largest absolute Gasteiger partial charge is 0.381 e. The summed E-state index contributed by atoms with van der Waals surface area (Å²) in [6.07, 6.45) is 2.52. The summed E-state index contributed by atoms with van der Waals surface area (Å²) < 4.78 is 32.3. The summed E-state index contributed by atoms with van der Waals surface area (Å²) in [5, 5.41) is 3.91. The van der Waals surface area contributed by atoms with Crippen LogP contribution in [0.1, 0.15) is 18.5 Å². The first-order chi connectivity index (χ1) is 15.1. The van der Waals surface area contributed by atoms with Gasteiger partial charge in [-0.1, -0.05) is 11.6 Å². The maximum Gasteiger partial charge on any atom is 0.227 e. The van der Waals surface area contributed by atoms with Crippen LogP contribution in [0.4, 0.5) is 21.8 Å². The maximum atomic E-state index is 14.3. The van der Waals surface area contributed by atoms with Crippen LogP contribution in [-0.4, -0.2) is 65.4 Å². The highest BCUT2D eigenvalue weighted by molar-refractivity contribution is 7.85. The quantitative estimate of drug-likeness (QED) is 0.744. The zero-order chi connectivity index (χ0) is 21.4. The van der Waals surface area contributed by atoms with Crippen LogP contribution in [0, 0.1) is 5.82 Å². The second kappa shape index (κ2) is 8.88. The van der Waals surface area contributed by atoms with Gasteiger partial charge in [0.2, 0.25) is 5.95 Å². The standard InChI is InChI=1S/C21H25ClFN5O2S/c22-14-1-2-18(16(23)13-14)27-6-8-28(9-7-27)21-25-17-5-12-31(29)19(17)20(26-21)24-15-3-10-30-11-4-15/h1-2,13,15H,3-12H2,(H,24,25,26). The summed E-state index contributed by atoms with van der Waals surface area (Å²) in [6.45, 7) is 4.14. The van der Waals surface area contributed by atoms with Gasteiger partial charge in [-0.05, 0) is 31.0 Å². The lowest BCUT2D eigenvalue weighted by Gasteiger charge is -2.36. The third kappa shape index (κ3) is 4.36. The van der Waals surface area contributed by atoms with E-state index in [2.05, 4.69) is 10.2 Å². The molecule has 0 saturated carbocycles. The molecule has 10 heteroatoms. The fourth-order valence-corrected chi connectivity index (χ4v) is 5.82. The molecule has 0 radical (unpaired) electrons. The van der Waals surface area contributed by atoms with Crippen molar-refractivity contribution in [3.63, 3.8) is 0 Å². The minimum absolute atomic E-state index is 0.267. The Bertz CT molecular complexity index is 996. The van der Waals surface area contributed by atoms with Crippen LogP contribution in [0.25, 0.3) is 0 Å². The smallest absolute Gasteiger partial charge is 0.227 e. The van der Waals surface area contributed by atoms with E-state index in [0.717, 1.165) is 36.6 Å². The summed E-state index contributed by atoms with van der Waals surface area (Å²) in [7, 11) is -1.06. The number of rotatable bonds is 4. The Balaban J connectivity index is 1.34. The number of ether oxygens (including phenoxy) is 1. The third-order valence-electron chi connectivity index (χ3n) is 6.05. The van der Waals surface area contributed by atoms with E-state index in [4.69, 9.17) is 26.3 Å². The molecule has 4 heterocycles. The topological polar surface area (TPSA) is 70.6 Å². The number of nitrogens with zero attached hydrogens (tertiary/aromatic N) is 4. The second-order valence-corrected chi connectivity index (χ2v) is 9.99. The van der Waals surface area contributed by atoms with Gasteiger partial charge in [0.15, 0.2) is 0 Å². The molecule has 1 aromatic carbocycles. The molecule has 0 bridgehead atoms. The average molecular weight is 466 g/mol. The van der Waals surface area contributed by atoms with Crippen molar-refractivity contribution >= 4 is 39.9 Å². The van der Waals surface area contributed by atoms with Gasteiger partial charge in [-0.25, -0.2) is 9.37 Å². The minimum Gasteiger partial charge on any atom is -0.381 e. The predicted octanol–water partition coefficient (Wildman–Crippen LogP) is 2.85. The van der Waals surface area contributed by atoms with Crippen molar-refractivity contribution in [2.75, 3.05) is 60.3 Å². The molecule has 166 valence electrons. The van der Waals surface area contributed by atoms with Crippen LogP contribution in [0.5, 0.6) is 0 Å². The maximum absolute atomic E-state index is 14.3. The lowest BCUT2D eigenvalue weighted by molar-refractivity contribution is 0.0903. The second-order valence-electron chi connectivity index (χ2n) is 8.05. The average Bonchev–Trinajstić information content (AvgIpc) is 3.16. The molecular weight excluding hydrogens is 441 g/mol. The number of piperazine rings is 1. The lowest BCUT2D eigenvalue weighted by atomic mass is 10.1. The SMILES string of the molecule is O=S1CCc2nc(N3CCN(c4ccc(Cl)cc4F)CC3)nc(NC3CCOCC3)c21.